The number of aliphatic hydroxyl groups excluding tert-OH is 1. The highest BCUT2D eigenvalue weighted by atomic mass is 16.3. The molecule has 1 saturated heterocycles. The molecule has 3 N–H and O–H groups in total. The van der Waals surface area contributed by atoms with E-state index < -0.39 is 0 Å². The molecule has 3 heteroatoms. The molecule has 3 nitrogen and oxygen atoms in total. The molecule has 0 bridgehead atoms. The van der Waals surface area contributed by atoms with Gasteiger partial charge in [-0.05, 0) is 38.3 Å². The quantitative estimate of drug-likeness (QED) is 0.720. The van der Waals surface area contributed by atoms with Crippen LogP contribution in [-0.4, -0.2) is 30.3 Å². The molecule has 18 heavy (non-hydrogen) atoms. The van der Waals surface area contributed by atoms with Gasteiger partial charge in [0.15, 0.2) is 0 Å². The molecule has 1 aromatic carbocycles. The summed E-state index contributed by atoms with van der Waals surface area (Å²) in [6.45, 7) is 3.50. The minimum Gasteiger partial charge on any atom is -0.394 e. The fourth-order valence-corrected chi connectivity index (χ4v) is 2.74. The van der Waals surface area contributed by atoms with Gasteiger partial charge in [-0.1, -0.05) is 30.3 Å². The highest BCUT2D eigenvalue weighted by Crippen LogP contribution is 2.16. The van der Waals surface area contributed by atoms with Gasteiger partial charge in [-0.25, -0.2) is 0 Å². The Morgan fingerprint density at radius 1 is 1.39 bits per heavy atom. The van der Waals surface area contributed by atoms with Crippen LogP contribution in [0.1, 0.15) is 37.8 Å². The Morgan fingerprint density at radius 2 is 2.17 bits per heavy atom. The van der Waals surface area contributed by atoms with Crippen LogP contribution in [0.3, 0.4) is 0 Å². The molecule has 0 aliphatic carbocycles. The topological polar surface area (TPSA) is 44.3 Å². The van der Waals surface area contributed by atoms with E-state index in [0.717, 1.165) is 18.5 Å². The second-order valence-corrected chi connectivity index (χ2v) is 5.24. The summed E-state index contributed by atoms with van der Waals surface area (Å²) < 4.78 is 0. The molecule has 0 spiro atoms. The van der Waals surface area contributed by atoms with Crippen LogP contribution in [0.4, 0.5) is 0 Å². The predicted molar refractivity (Wildman–Crippen MR) is 74.5 cm³/mol. The van der Waals surface area contributed by atoms with Gasteiger partial charge in [-0.3, -0.25) is 0 Å². The minimum absolute atomic E-state index is 0.0441. The fourth-order valence-electron chi connectivity index (χ4n) is 2.74. The smallest absolute Gasteiger partial charge is 0.0626 e. The van der Waals surface area contributed by atoms with Crippen molar-refractivity contribution < 1.29 is 5.11 Å². The lowest BCUT2D eigenvalue weighted by Crippen LogP contribution is -2.37. The molecule has 1 aliphatic rings. The van der Waals surface area contributed by atoms with Crippen LogP contribution in [0.5, 0.6) is 0 Å². The molecular weight excluding hydrogens is 224 g/mol. The van der Waals surface area contributed by atoms with E-state index in [0.29, 0.717) is 12.1 Å². The molecular formula is C15H24N2O. The van der Waals surface area contributed by atoms with Gasteiger partial charge in [-0.2, -0.15) is 0 Å². The molecule has 100 valence electrons. The highest BCUT2D eigenvalue weighted by molar-refractivity contribution is 5.19. The average molecular weight is 248 g/mol. The monoisotopic (exact) mass is 248 g/mol. The molecule has 2 rings (SSSR count). The van der Waals surface area contributed by atoms with Crippen molar-refractivity contribution in [3.05, 3.63) is 35.9 Å². The van der Waals surface area contributed by atoms with Gasteiger partial charge in [0.2, 0.25) is 0 Å². The number of benzene rings is 1. The van der Waals surface area contributed by atoms with Crippen LogP contribution < -0.4 is 10.6 Å². The van der Waals surface area contributed by atoms with E-state index in [1.807, 2.05) is 18.2 Å². The number of aliphatic hydroxyl groups is 1. The molecule has 0 aromatic heterocycles. The summed E-state index contributed by atoms with van der Waals surface area (Å²) in [5.41, 5.74) is 1.16. The van der Waals surface area contributed by atoms with Gasteiger partial charge in [-0.15, -0.1) is 0 Å². The Kier molecular flexibility index (Phi) is 5.17. The van der Waals surface area contributed by atoms with E-state index in [1.54, 1.807) is 0 Å². The first kappa shape index (κ1) is 13.5. The molecule has 2 unspecified atom stereocenters. The first-order valence-corrected chi connectivity index (χ1v) is 6.95. The van der Waals surface area contributed by atoms with E-state index in [-0.39, 0.29) is 12.6 Å². The van der Waals surface area contributed by atoms with E-state index in [4.69, 9.17) is 0 Å². The van der Waals surface area contributed by atoms with E-state index >= 15 is 0 Å². The average Bonchev–Trinajstić information content (AvgIpc) is 2.90. The number of hydrogen-bond acceptors (Lipinski definition) is 3. The number of hydrogen-bond donors (Lipinski definition) is 3. The summed E-state index contributed by atoms with van der Waals surface area (Å²) in [5.74, 6) is 0. The second-order valence-electron chi connectivity index (χ2n) is 5.24. The summed E-state index contributed by atoms with van der Waals surface area (Å²) in [5, 5.41) is 16.5. The predicted octanol–water partition coefficient (Wildman–Crippen LogP) is 1.84. The van der Waals surface area contributed by atoms with Gasteiger partial charge in [0.05, 0.1) is 12.6 Å². The minimum atomic E-state index is 0.0441. The molecule has 0 saturated carbocycles. The zero-order chi connectivity index (χ0) is 12.8. The fraction of sp³-hybridized carbons (Fsp3) is 0.600. The van der Waals surface area contributed by atoms with Gasteiger partial charge in [0, 0.05) is 12.1 Å². The van der Waals surface area contributed by atoms with Crippen molar-refractivity contribution in [3.8, 4) is 0 Å². The molecule has 0 amide bonds. The summed E-state index contributed by atoms with van der Waals surface area (Å²) >= 11 is 0. The summed E-state index contributed by atoms with van der Waals surface area (Å²) in [6.07, 6.45) is 3.70. The zero-order valence-corrected chi connectivity index (χ0v) is 11.1. The van der Waals surface area contributed by atoms with Crippen LogP contribution in [0.15, 0.2) is 30.3 Å². The van der Waals surface area contributed by atoms with Crippen LogP contribution in [0.25, 0.3) is 0 Å². The van der Waals surface area contributed by atoms with E-state index in [2.05, 4.69) is 29.7 Å². The highest BCUT2D eigenvalue weighted by Gasteiger charge is 2.19. The van der Waals surface area contributed by atoms with E-state index in [9.17, 15) is 5.11 Å². The van der Waals surface area contributed by atoms with Crippen molar-refractivity contribution >= 4 is 0 Å². The third-order valence-electron chi connectivity index (χ3n) is 3.67. The Bertz CT molecular complexity index is 336. The summed E-state index contributed by atoms with van der Waals surface area (Å²) in [6, 6.07) is 11.3. The number of nitrogens with one attached hydrogen (secondary N) is 2. The SMILES string of the molecule is CC(CC1CCCN1)N[C@@H](CO)c1ccccc1. The van der Waals surface area contributed by atoms with Crippen molar-refractivity contribution in [2.24, 2.45) is 0 Å². The first-order valence-electron chi connectivity index (χ1n) is 6.95. The Morgan fingerprint density at radius 3 is 2.78 bits per heavy atom. The van der Waals surface area contributed by atoms with Gasteiger partial charge >= 0.3 is 0 Å². The molecule has 1 aromatic rings. The van der Waals surface area contributed by atoms with Crippen LogP contribution in [0.2, 0.25) is 0 Å². The lowest BCUT2D eigenvalue weighted by molar-refractivity contribution is 0.230. The van der Waals surface area contributed by atoms with Gasteiger partial charge < -0.3 is 15.7 Å². The Balaban J connectivity index is 1.85. The maximum atomic E-state index is 9.51. The maximum absolute atomic E-state index is 9.51. The Labute approximate surface area is 110 Å². The molecule has 0 radical (unpaired) electrons. The summed E-state index contributed by atoms with van der Waals surface area (Å²) in [7, 11) is 0. The van der Waals surface area contributed by atoms with Crippen molar-refractivity contribution in [2.45, 2.75) is 44.3 Å². The van der Waals surface area contributed by atoms with Gasteiger partial charge in [0.25, 0.3) is 0 Å². The van der Waals surface area contributed by atoms with Crippen LogP contribution in [0, 0.1) is 0 Å². The Hall–Kier alpha value is -0.900. The maximum Gasteiger partial charge on any atom is 0.0626 e. The molecule has 1 heterocycles. The van der Waals surface area contributed by atoms with Crippen molar-refractivity contribution in [1.82, 2.24) is 10.6 Å². The zero-order valence-electron chi connectivity index (χ0n) is 11.1. The normalized spacial score (nSPS) is 22.9. The molecule has 3 atom stereocenters. The van der Waals surface area contributed by atoms with Crippen molar-refractivity contribution in [1.29, 1.82) is 0 Å². The largest absolute Gasteiger partial charge is 0.394 e. The molecule has 1 aliphatic heterocycles. The lowest BCUT2D eigenvalue weighted by Gasteiger charge is -2.24. The summed E-state index contributed by atoms with van der Waals surface area (Å²) in [4.78, 5) is 0. The second kappa shape index (κ2) is 6.88. The van der Waals surface area contributed by atoms with Crippen molar-refractivity contribution in [2.75, 3.05) is 13.2 Å². The number of rotatable bonds is 6. The van der Waals surface area contributed by atoms with Crippen molar-refractivity contribution in [3.63, 3.8) is 0 Å². The van der Waals surface area contributed by atoms with Crippen LogP contribution in [-0.2, 0) is 0 Å². The standard InChI is InChI=1S/C15H24N2O/c1-12(10-14-8-5-9-16-14)17-15(11-18)13-6-3-2-4-7-13/h2-4,6-7,12,14-18H,5,8-11H2,1H3/t12?,14?,15-/m0/s1. The lowest BCUT2D eigenvalue weighted by atomic mass is 10.0. The van der Waals surface area contributed by atoms with Crippen LogP contribution >= 0.6 is 0 Å². The van der Waals surface area contributed by atoms with E-state index in [1.165, 1.54) is 12.8 Å². The third-order valence-corrected chi connectivity index (χ3v) is 3.67. The molecule has 1 fully saturated rings. The third kappa shape index (κ3) is 3.80. The van der Waals surface area contributed by atoms with Gasteiger partial charge in [0.1, 0.15) is 0 Å². The first-order chi connectivity index (χ1) is 8.79.